The number of hydrogen-bond donors (Lipinski definition) is 2. The van der Waals surface area contributed by atoms with Crippen molar-refractivity contribution in [2.24, 2.45) is 0 Å². The minimum absolute atomic E-state index is 0.132. The lowest BCUT2D eigenvalue weighted by Crippen LogP contribution is -3.10. The number of benzene rings is 1. The molecule has 1 unspecified atom stereocenters. The second kappa shape index (κ2) is 7.45. The zero-order valence-electron chi connectivity index (χ0n) is 14.1. The van der Waals surface area contributed by atoms with Crippen molar-refractivity contribution >= 4 is 10.9 Å². The fourth-order valence-corrected chi connectivity index (χ4v) is 2.84. The van der Waals surface area contributed by atoms with Crippen molar-refractivity contribution < 1.29 is 9.64 Å². The monoisotopic (exact) mass is 303 g/mol. The number of ether oxygens (including phenoxy) is 1. The predicted molar refractivity (Wildman–Crippen MR) is 90.8 cm³/mol. The van der Waals surface area contributed by atoms with Crippen LogP contribution in [0.5, 0.6) is 5.75 Å². The lowest BCUT2D eigenvalue weighted by atomic mass is 10.1. The van der Waals surface area contributed by atoms with E-state index in [9.17, 15) is 4.79 Å². The number of rotatable bonds is 7. The third kappa shape index (κ3) is 3.50. The largest absolute Gasteiger partial charge is 0.497 e. The maximum Gasteiger partial charge on any atom is 0.198 e. The third-order valence-electron chi connectivity index (χ3n) is 4.33. The van der Waals surface area contributed by atoms with Gasteiger partial charge in [-0.25, -0.2) is 0 Å². The van der Waals surface area contributed by atoms with Crippen LogP contribution in [0, 0.1) is 6.92 Å². The lowest BCUT2D eigenvalue weighted by molar-refractivity contribution is -0.912. The van der Waals surface area contributed by atoms with Crippen LogP contribution in [-0.4, -0.2) is 25.2 Å². The second-order valence-corrected chi connectivity index (χ2v) is 5.85. The Kier molecular flexibility index (Phi) is 5.61. The molecule has 0 amide bonds. The molecule has 0 spiro atoms. The minimum atomic E-state index is 0.132. The van der Waals surface area contributed by atoms with Crippen LogP contribution in [0.25, 0.3) is 10.9 Å². The topological polar surface area (TPSA) is 46.5 Å². The molecule has 0 saturated carbocycles. The first-order valence-corrected chi connectivity index (χ1v) is 8.13. The summed E-state index contributed by atoms with van der Waals surface area (Å²) in [6.07, 6.45) is 2.38. The van der Waals surface area contributed by atoms with E-state index in [0.29, 0.717) is 5.39 Å². The number of pyridine rings is 1. The number of methoxy groups -OCH3 is 1. The number of unbranched alkanes of at least 4 members (excludes halogenated alkanes) is 1. The molecule has 0 aliphatic rings. The molecular formula is C18H27N2O2+. The van der Waals surface area contributed by atoms with Gasteiger partial charge in [-0.15, -0.1) is 0 Å². The maximum absolute atomic E-state index is 12.9. The number of nitrogens with one attached hydrogen (secondary N) is 2. The van der Waals surface area contributed by atoms with Crippen LogP contribution >= 0.6 is 0 Å². The molecule has 2 N–H and O–H groups in total. The third-order valence-corrected chi connectivity index (χ3v) is 4.33. The van der Waals surface area contributed by atoms with Crippen molar-refractivity contribution in [2.75, 3.05) is 20.2 Å². The van der Waals surface area contributed by atoms with Gasteiger partial charge in [0.1, 0.15) is 12.3 Å². The Labute approximate surface area is 132 Å². The van der Waals surface area contributed by atoms with E-state index in [1.54, 1.807) is 7.11 Å². The van der Waals surface area contributed by atoms with Gasteiger partial charge in [0, 0.05) is 16.6 Å². The van der Waals surface area contributed by atoms with Crippen molar-refractivity contribution in [1.29, 1.82) is 0 Å². The van der Waals surface area contributed by atoms with Crippen LogP contribution < -0.4 is 15.1 Å². The zero-order chi connectivity index (χ0) is 16.1. The molecule has 1 atom stereocenters. The van der Waals surface area contributed by atoms with Crippen molar-refractivity contribution in [3.63, 3.8) is 0 Å². The van der Waals surface area contributed by atoms with Gasteiger partial charge in [0.25, 0.3) is 0 Å². The Bertz CT molecular complexity index is 691. The van der Waals surface area contributed by atoms with Crippen LogP contribution in [0.4, 0.5) is 0 Å². The van der Waals surface area contributed by atoms with Crippen LogP contribution in [0.3, 0.4) is 0 Å². The van der Waals surface area contributed by atoms with Crippen molar-refractivity contribution in [1.82, 2.24) is 4.98 Å². The maximum atomic E-state index is 12.9. The first kappa shape index (κ1) is 16.6. The highest BCUT2D eigenvalue weighted by atomic mass is 16.5. The van der Waals surface area contributed by atoms with Crippen molar-refractivity contribution in [3.8, 4) is 5.75 Å². The molecule has 0 saturated heterocycles. The van der Waals surface area contributed by atoms with Crippen molar-refractivity contribution in [3.05, 3.63) is 39.7 Å². The van der Waals surface area contributed by atoms with E-state index >= 15 is 0 Å². The zero-order valence-corrected chi connectivity index (χ0v) is 14.1. The Morgan fingerprint density at radius 3 is 2.68 bits per heavy atom. The molecule has 1 aromatic heterocycles. The molecule has 0 fully saturated rings. The van der Waals surface area contributed by atoms with Gasteiger partial charge in [0.15, 0.2) is 5.43 Å². The Morgan fingerprint density at radius 1 is 1.27 bits per heavy atom. The summed E-state index contributed by atoms with van der Waals surface area (Å²) < 4.78 is 5.24. The molecule has 22 heavy (non-hydrogen) atoms. The summed E-state index contributed by atoms with van der Waals surface area (Å²) >= 11 is 0. The Morgan fingerprint density at radius 2 is 2.05 bits per heavy atom. The number of hydrogen-bond acceptors (Lipinski definition) is 2. The highest BCUT2D eigenvalue weighted by Crippen LogP contribution is 2.17. The molecule has 4 heteroatoms. The number of fused-ring (bicyclic) bond motifs is 1. The number of aryl methyl sites for hydroxylation is 1. The smallest absolute Gasteiger partial charge is 0.198 e. The SMILES string of the molecule is CCCC[NH+](CC)Cc1c(C)[nH]c2ccc(OC)cc2c1=O. The van der Waals surface area contributed by atoms with Crippen LogP contribution in [-0.2, 0) is 6.54 Å². The van der Waals surface area contributed by atoms with Gasteiger partial charge in [-0.05, 0) is 38.5 Å². The molecule has 0 radical (unpaired) electrons. The average molecular weight is 303 g/mol. The highest BCUT2D eigenvalue weighted by molar-refractivity contribution is 5.81. The quantitative estimate of drug-likeness (QED) is 0.822. The summed E-state index contributed by atoms with van der Waals surface area (Å²) in [5.41, 5.74) is 2.88. The molecule has 0 aliphatic heterocycles. The van der Waals surface area contributed by atoms with Gasteiger partial charge in [-0.3, -0.25) is 4.79 Å². The van der Waals surface area contributed by atoms with E-state index in [1.165, 1.54) is 17.7 Å². The predicted octanol–water partition coefficient (Wildman–Crippen LogP) is 2.05. The molecule has 0 bridgehead atoms. The molecule has 1 aromatic carbocycles. The van der Waals surface area contributed by atoms with Crippen LogP contribution in [0.2, 0.25) is 0 Å². The second-order valence-electron chi connectivity index (χ2n) is 5.85. The summed E-state index contributed by atoms with van der Waals surface area (Å²) in [5.74, 6) is 0.721. The summed E-state index contributed by atoms with van der Waals surface area (Å²) in [6.45, 7) is 9.31. The van der Waals surface area contributed by atoms with Gasteiger partial charge < -0.3 is 14.6 Å². The van der Waals surface area contributed by atoms with E-state index in [0.717, 1.165) is 42.2 Å². The summed E-state index contributed by atoms with van der Waals surface area (Å²) in [6, 6.07) is 5.62. The Hall–Kier alpha value is -1.81. The summed E-state index contributed by atoms with van der Waals surface area (Å²) in [7, 11) is 1.62. The standard InChI is InChI=1S/C18H26N2O2/c1-5-7-10-20(6-2)12-16-13(3)19-17-9-8-14(22-4)11-15(17)18(16)21/h8-9,11H,5-7,10,12H2,1-4H3,(H,19,21)/p+1. The van der Waals surface area contributed by atoms with E-state index in [1.807, 2.05) is 25.1 Å². The minimum Gasteiger partial charge on any atom is -0.497 e. The lowest BCUT2D eigenvalue weighted by Gasteiger charge is -2.18. The first-order chi connectivity index (χ1) is 10.6. The highest BCUT2D eigenvalue weighted by Gasteiger charge is 2.15. The molecule has 1 heterocycles. The van der Waals surface area contributed by atoms with Gasteiger partial charge in [-0.2, -0.15) is 0 Å². The first-order valence-electron chi connectivity index (χ1n) is 8.13. The number of aromatic amines is 1. The molecule has 2 rings (SSSR count). The molecule has 0 aliphatic carbocycles. The van der Waals surface area contributed by atoms with E-state index in [2.05, 4.69) is 18.8 Å². The normalized spacial score (nSPS) is 12.5. The van der Waals surface area contributed by atoms with Gasteiger partial charge in [0.2, 0.25) is 0 Å². The Balaban J connectivity index is 2.42. The molecule has 2 aromatic rings. The summed E-state index contributed by atoms with van der Waals surface area (Å²) in [5, 5.41) is 0.714. The number of aromatic nitrogens is 1. The van der Waals surface area contributed by atoms with Gasteiger partial charge in [0.05, 0.1) is 25.8 Å². The van der Waals surface area contributed by atoms with E-state index in [-0.39, 0.29) is 5.43 Å². The summed E-state index contributed by atoms with van der Waals surface area (Å²) in [4.78, 5) is 17.7. The number of H-pyrrole nitrogens is 1. The average Bonchev–Trinajstić information content (AvgIpc) is 2.54. The van der Waals surface area contributed by atoms with Gasteiger partial charge >= 0.3 is 0 Å². The molecule has 120 valence electrons. The fourth-order valence-electron chi connectivity index (χ4n) is 2.84. The molecule has 4 nitrogen and oxygen atoms in total. The van der Waals surface area contributed by atoms with E-state index in [4.69, 9.17) is 4.74 Å². The fraction of sp³-hybridized carbons (Fsp3) is 0.500. The van der Waals surface area contributed by atoms with Crippen LogP contribution in [0.1, 0.15) is 37.9 Å². The van der Waals surface area contributed by atoms with Crippen molar-refractivity contribution in [2.45, 2.75) is 40.2 Å². The molecular weight excluding hydrogens is 276 g/mol. The van der Waals surface area contributed by atoms with Crippen LogP contribution in [0.15, 0.2) is 23.0 Å². The van der Waals surface area contributed by atoms with E-state index < -0.39 is 0 Å². The number of quaternary nitrogens is 1. The van der Waals surface area contributed by atoms with Gasteiger partial charge in [-0.1, -0.05) is 13.3 Å².